The first-order valence-corrected chi connectivity index (χ1v) is 20.9. The molecule has 308 valence electrons. The molecule has 0 spiro atoms. The number of unbranched alkanes of at least 4 members (excludes halogenated alkanes) is 1. The maximum atomic E-state index is 14.3. The lowest BCUT2D eigenvalue weighted by Crippen LogP contribution is -2.58. The zero-order chi connectivity index (χ0) is 40.9. The van der Waals surface area contributed by atoms with Crippen molar-refractivity contribution < 1.29 is 38.6 Å². The van der Waals surface area contributed by atoms with Crippen LogP contribution in [0.3, 0.4) is 0 Å². The summed E-state index contributed by atoms with van der Waals surface area (Å²) in [5, 5.41) is 20.3. The van der Waals surface area contributed by atoms with Crippen molar-refractivity contribution in [2.75, 3.05) is 19.4 Å². The Kier molecular flexibility index (Phi) is 18.0. The Balaban J connectivity index is 1.97. The molecule has 0 saturated carbocycles. The van der Waals surface area contributed by atoms with Gasteiger partial charge in [0.15, 0.2) is 0 Å². The second-order valence-electron chi connectivity index (χ2n) is 16.3. The fourth-order valence-electron chi connectivity index (χ4n) is 6.59. The number of cyclic esters (lactones) is 1. The van der Waals surface area contributed by atoms with Crippen molar-refractivity contribution in [2.45, 2.75) is 150 Å². The van der Waals surface area contributed by atoms with Crippen LogP contribution in [-0.2, 0) is 30.3 Å². The molecule has 8 atom stereocenters. The van der Waals surface area contributed by atoms with E-state index in [2.05, 4.69) is 16.0 Å². The van der Waals surface area contributed by atoms with Crippen molar-refractivity contribution in [1.82, 2.24) is 20.9 Å². The van der Waals surface area contributed by atoms with Crippen LogP contribution in [0.25, 0.3) is 0 Å². The van der Waals surface area contributed by atoms with E-state index in [1.807, 2.05) is 60.6 Å². The maximum Gasteiger partial charge on any atom is 0.416 e. The van der Waals surface area contributed by atoms with E-state index in [4.69, 9.17) is 14.5 Å². The number of nitrogens with zero attached hydrogens (tertiary/aromatic N) is 2. The SMILES string of the molecule is CCCCN1C(=O)O[C@H](C(C)(C)C)C[C@@H](C)C[C@H](O)CC2=N[C@H](CCC(=O)N[C@@H](Cc3ccc(OC)cc3)C(=O)N[C@@H](C)C(=O)N[C@@H]([C@@H](C)CC)C1=O)CS2. The van der Waals surface area contributed by atoms with Crippen molar-refractivity contribution in [1.29, 1.82) is 0 Å². The minimum absolute atomic E-state index is 0.0152. The van der Waals surface area contributed by atoms with Crippen LogP contribution < -0.4 is 20.7 Å². The number of nitrogens with one attached hydrogen (secondary N) is 3. The maximum absolute atomic E-state index is 14.3. The van der Waals surface area contributed by atoms with Gasteiger partial charge in [0.05, 0.1) is 24.3 Å². The van der Waals surface area contributed by atoms with E-state index < -0.39 is 59.6 Å². The van der Waals surface area contributed by atoms with E-state index >= 15 is 0 Å². The summed E-state index contributed by atoms with van der Waals surface area (Å²) in [6.07, 6.45) is 1.90. The number of aliphatic hydroxyl groups excluding tert-OH is 1. The molecule has 2 aliphatic rings. The Hall–Kier alpha value is -3.65. The van der Waals surface area contributed by atoms with Crippen molar-refractivity contribution >= 4 is 46.5 Å². The van der Waals surface area contributed by atoms with E-state index in [0.29, 0.717) is 50.0 Å². The third-order valence-corrected chi connectivity index (χ3v) is 11.5. The number of ether oxygens (including phenoxy) is 2. The van der Waals surface area contributed by atoms with E-state index in [1.165, 1.54) is 6.92 Å². The Morgan fingerprint density at radius 1 is 1.02 bits per heavy atom. The second-order valence-corrected chi connectivity index (χ2v) is 17.4. The molecular weight excluding hydrogens is 723 g/mol. The Labute approximate surface area is 331 Å². The predicted octanol–water partition coefficient (Wildman–Crippen LogP) is 5.41. The molecule has 0 saturated heterocycles. The minimum atomic E-state index is -1.07. The van der Waals surface area contributed by atoms with E-state index in [0.717, 1.165) is 21.9 Å². The number of thioether (sulfide) groups is 1. The number of aliphatic imine (C=N–C) groups is 1. The van der Waals surface area contributed by atoms with Gasteiger partial charge in [-0.05, 0) is 67.6 Å². The molecule has 2 bridgehead atoms. The first-order valence-electron chi connectivity index (χ1n) is 19.9. The first kappa shape index (κ1) is 45.7. The normalized spacial score (nSPS) is 27.9. The first-order chi connectivity index (χ1) is 25.9. The van der Waals surface area contributed by atoms with Crippen LogP contribution in [0.15, 0.2) is 29.3 Å². The standard InChI is InChI=1S/C41H65N5O8S/c1-10-12-19-46-39(51)36(26(4)11-2)45-37(49)27(5)42-38(50)32(22-28-13-16-31(53-9)17-14-28)44-34(48)18-15-29-24-55-35(43-29)23-30(47)20-25(3)21-33(41(6,7)8)54-40(46)52/h13-14,16-17,25-27,29-30,32-33,36,47H,10-12,15,18-24H2,1-9H3,(H,42,50)(H,44,48)(H,45,49)/t25-,26-,27-,29+,30-,32-,33-,36-/m0/s1. The largest absolute Gasteiger partial charge is 0.497 e. The highest BCUT2D eigenvalue weighted by Crippen LogP contribution is 2.32. The van der Waals surface area contributed by atoms with Gasteiger partial charge < -0.3 is 30.5 Å². The molecule has 2 aliphatic heterocycles. The summed E-state index contributed by atoms with van der Waals surface area (Å²) in [6, 6.07) is 3.91. The fraction of sp³-hybridized carbons (Fsp3) is 0.707. The van der Waals surface area contributed by atoms with Crippen LogP contribution >= 0.6 is 11.8 Å². The van der Waals surface area contributed by atoms with Crippen LogP contribution in [0.4, 0.5) is 4.79 Å². The number of hydrogen-bond donors (Lipinski definition) is 4. The van der Waals surface area contributed by atoms with Crippen molar-refractivity contribution in [3.8, 4) is 5.75 Å². The molecule has 5 amide bonds. The summed E-state index contributed by atoms with van der Waals surface area (Å²) in [5.41, 5.74) is 0.309. The molecule has 1 aromatic rings. The summed E-state index contributed by atoms with van der Waals surface area (Å²) < 4.78 is 11.4. The van der Waals surface area contributed by atoms with Gasteiger partial charge >= 0.3 is 6.09 Å². The molecule has 0 unspecified atom stereocenters. The fourth-order valence-corrected chi connectivity index (χ4v) is 7.75. The highest BCUT2D eigenvalue weighted by molar-refractivity contribution is 8.14. The molecule has 0 fully saturated rings. The molecule has 3 rings (SSSR count). The van der Waals surface area contributed by atoms with Crippen LogP contribution in [0.2, 0.25) is 0 Å². The van der Waals surface area contributed by atoms with Gasteiger partial charge in [0, 0.05) is 31.6 Å². The molecule has 55 heavy (non-hydrogen) atoms. The van der Waals surface area contributed by atoms with Crippen LogP contribution in [0.1, 0.15) is 112 Å². The van der Waals surface area contributed by atoms with Crippen molar-refractivity contribution in [3.05, 3.63) is 29.8 Å². The molecule has 0 radical (unpaired) electrons. The molecule has 0 aromatic heterocycles. The van der Waals surface area contributed by atoms with Gasteiger partial charge in [-0.25, -0.2) is 9.69 Å². The Morgan fingerprint density at radius 2 is 1.71 bits per heavy atom. The summed E-state index contributed by atoms with van der Waals surface area (Å²) in [7, 11) is 1.56. The van der Waals surface area contributed by atoms with E-state index in [9.17, 15) is 29.1 Å². The lowest BCUT2D eigenvalue weighted by molar-refractivity contribution is -0.138. The van der Waals surface area contributed by atoms with Crippen LogP contribution in [0, 0.1) is 17.3 Å². The topological polar surface area (TPSA) is 176 Å². The van der Waals surface area contributed by atoms with Gasteiger partial charge in [0.1, 0.15) is 30.0 Å². The highest BCUT2D eigenvalue weighted by Gasteiger charge is 2.38. The lowest BCUT2D eigenvalue weighted by Gasteiger charge is -2.35. The molecule has 13 nitrogen and oxygen atoms in total. The monoisotopic (exact) mass is 787 g/mol. The van der Waals surface area contributed by atoms with Gasteiger partial charge in [0.25, 0.3) is 5.91 Å². The van der Waals surface area contributed by atoms with Crippen molar-refractivity contribution in [3.63, 3.8) is 0 Å². The lowest BCUT2D eigenvalue weighted by atomic mass is 9.82. The zero-order valence-electron chi connectivity index (χ0n) is 34.3. The second kappa shape index (κ2) is 21.6. The molecular formula is C41H65N5O8S. The minimum Gasteiger partial charge on any atom is -0.497 e. The number of carbonyl (C=O) groups is 5. The summed E-state index contributed by atoms with van der Waals surface area (Å²) >= 11 is 1.58. The van der Waals surface area contributed by atoms with Gasteiger partial charge in [-0.3, -0.25) is 24.2 Å². The van der Waals surface area contributed by atoms with Gasteiger partial charge in [-0.15, -0.1) is 11.8 Å². The highest BCUT2D eigenvalue weighted by atomic mass is 32.2. The molecule has 0 aliphatic carbocycles. The Morgan fingerprint density at radius 3 is 2.33 bits per heavy atom. The smallest absolute Gasteiger partial charge is 0.416 e. The summed E-state index contributed by atoms with van der Waals surface area (Å²) in [4.78, 5) is 74.9. The quantitative estimate of drug-likeness (QED) is 0.269. The predicted molar refractivity (Wildman–Crippen MR) is 216 cm³/mol. The average molecular weight is 788 g/mol. The van der Waals surface area contributed by atoms with Gasteiger partial charge in [-0.1, -0.05) is 73.4 Å². The number of hydrogen-bond acceptors (Lipinski definition) is 10. The van der Waals surface area contributed by atoms with E-state index in [1.54, 1.807) is 31.0 Å². The van der Waals surface area contributed by atoms with Crippen LogP contribution in [0.5, 0.6) is 5.75 Å². The number of fused-ring (bicyclic) bond motifs is 1. The van der Waals surface area contributed by atoms with Crippen molar-refractivity contribution in [2.24, 2.45) is 22.2 Å². The molecule has 2 heterocycles. The van der Waals surface area contributed by atoms with Gasteiger partial charge in [0.2, 0.25) is 17.7 Å². The number of rotatable bonds is 8. The molecule has 4 N–H and O–H groups in total. The average Bonchev–Trinajstić information content (AvgIpc) is 3.58. The third-order valence-electron chi connectivity index (χ3n) is 10.4. The van der Waals surface area contributed by atoms with E-state index in [-0.39, 0.29) is 43.2 Å². The van der Waals surface area contributed by atoms with Gasteiger partial charge in [-0.2, -0.15) is 0 Å². The number of amides is 5. The zero-order valence-corrected chi connectivity index (χ0v) is 35.1. The number of carbonyl (C=O) groups excluding carboxylic acids is 5. The molecule has 1 aromatic carbocycles. The number of benzene rings is 1. The van der Waals surface area contributed by atoms with Crippen LogP contribution in [-0.4, -0.2) is 101 Å². The number of aliphatic hydroxyl groups is 1. The summed E-state index contributed by atoms with van der Waals surface area (Å²) in [5.74, 6) is -1.09. The third kappa shape index (κ3) is 14.4. The Bertz CT molecular complexity index is 1480. The summed E-state index contributed by atoms with van der Waals surface area (Å²) in [6.45, 7) is 15.3. The molecule has 14 heteroatoms. The number of imide groups is 1. The number of methoxy groups -OCH3 is 1.